The molecule has 116 valence electrons. The van der Waals surface area contributed by atoms with Crippen LogP contribution >= 0.6 is 15.9 Å². The van der Waals surface area contributed by atoms with Crippen LogP contribution in [0.25, 0.3) is 0 Å². The average Bonchev–Trinajstić information content (AvgIpc) is 2.39. The summed E-state index contributed by atoms with van der Waals surface area (Å²) in [6, 6.07) is 4.73. The van der Waals surface area contributed by atoms with Crippen molar-refractivity contribution in [2.75, 3.05) is 11.9 Å². The van der Waals surface area contributed by atoms with Gasteiger partial charge in [-0.1, -0.05) is 29.8 Å². The zero-order valence-electron chi connectivity index (χ0n) is 12.2. The van der Waals surface area contributed by atoms with Crippen LogP contribution in [0.15, 0.2) is 22.7 Å². The molecule has 0 fully saturated rings. The lowest BCUT2D eigenvalue weighted by Gasteiger charge is -2.17. The van der Waals surface area contributed by atoms with Gasteiger partial charge in [-0.2, -0.15) is 0 Å². The zero-order chi connectivity index (χ0) is 16.0. The van der Waals surface area contributed by atoms with Gasteiger partial charge in [0.15, 0.2) is 0 Å². The number of carboxylic acid groups (broad SMARTS) is 1. The fourth-order valence-electron chi connectivity index (χ4n) is 2.20. The quantitative estimate of drug-likeness (QED) is 0.699. The molecule has 0 unspecified atom stereocenters. The van der Waals surface area contributed by atoms with Crippen molar-refractivity contribution in [2.45, 2.75) is 26.7 Å². The minimum Gasteiger partial charge on any atom is -0.478 e. The van der Waals surface area contributed by atoms with Crippen molar-refractivity contribution in [3.05, 3.63) is 28.2 Å². The number of anilines is 1. The van der Waals surface area contributed by atoms with Crippen LogP contribution in [-0.4, -0.2) is 23.5 Å². The highest BCUT2D eigenvalue weighted by Crippen LogP contribution is 2.22. The molecular weight excluding hydrogens is 336 g/mol. The molecule has 0 bridgehead atoms. The first-order valence-electron chi connectivity index (χ1n) is 6.86. The fraction of sp³-hybridized carbons (Fsp3) is 0.467. The Bertz CT molecular complexity index is 518. The molecule has 1 aromatic carbocycles. The highest BCUT2D eigenvalue weighted by Gasteiger charge is 2.17. The topological polar surface area (TPSA) is 92.4 Å². The van der Waals surface area contributed by atoms with Gasteiger partial charge in [-0.15, -0.1) is 0 Å². The standard InChI is InChI=1S/C15H21BrN2O3/c1-9(2)5-10(8-17)6-14(19)18-13-4-3-11(16)7-12(13)15(20)21/h3-4,7,9-10H,5-6,8,17H2,1-2H3,(H,18,19)(H,20,21)/t10-/m0/s1. The Labute approximate surface area is 133 Å². The number of amides is 1. The average molecular weight is 357 g/mol. The Morgan fingerprint density at radius 2 is 2.05 bits per heavy atom. The minimum absolute atomic E-state index is 0.0610. The fourth-order valence-corrected chi connectivity index (χ4v) is 2.56. The number of halogens is 1. The number of hydrogen-bond acceptors (Lipinski definition) is 3. The summed E-state index contributed by atoms with van der Waals surface area (Å²) in [5.74, 6) is -0.720. The molecule has 6 heteroatoms. The molecule has 1 atom stereocenters. The van der Waals surface area contributed by atoms with Crippen LogP contribution in [0.2, 0.25) is 0 Å². The second-order valence-corrected chi connectivity index (χ2v) is 6.39. The van der Waals surface area contributed by atoms with E-state index in [2.05, 4.69) is 35.1 Å². The summed E-state index contributed by atoms with van der Waals surface area (Å²) in [4.78, 5) is 23.2. The molecule has 0 aliphatic rings. The van der Waals surface area contributed by atoms with Gasteiger partial charge in [0.2, 0.25) is 5.91 Å². The molecule has 0 saturated carbocycles. The SMILES string of the molecule is CC(C)C[C@H](CN)CC(=O)Nc1ccc(Br)cc1C(=O)O. The normalized spacial score (nSPS) is 12.2. The van der Waals surface area contributed by atoms with Gasteiger partial charge in [-0.25, -0.2) is 4.79 Å². The van der Waals surface area contributed by atoms with Crippen molar-refractivity contribution in [3.8, 4) is 0 Å². The molecule has 4 N–H and O–H groups in total. The highest BCUT2D eigenvalue weighted by molar-refractivity contribution is 9.10. The van der Waals surface area contributed by atoms with Crippen LogP contribution in [0.3, 0.4) is 0 Å². The summed E-state index contributed by atoms with van der Waals surface area (Å²) in [7, 11) is 0. The third-order valence-corrected chi connectivity index (χ3v) is 3.59. The lowest BCUT2D eigenvalue weighted by Crippen LogP contribution is -2.24. The van der Waals surface area contributed by atoms with E-state index < -0.39 is 5.97 Å². The number of aromatic carboxylic acids is 1. The first kappa shape index (κ1) is 17.7. The predicted molar refractivity (Wildman–Crippen MR) is 86.3 cm³/mol. The molecule has 0 aromatic heterocycles. The van der Waals surface area contributed by atoms with Crippen LogP contribution in [-0.2, 0) is 4.79 Å². The van der Waals surface area contributed by atoms with Gasteiger partial charge >= 0.3 is 5.97 Å². The lowest BCUT2D eigenvalue weighted by molar-refractivity contribution is -0.117. The Balaban J connectivity index is 2.77. The maximum absolute atomic E-state index is 12.1. The van der Waals surface area contributed by atoms with E-state index in [0.29, 0.717) is 29.0 Å². The van der Waals surface area contributed by atoms with Crippen LogP contribution in [0.5, 0.6) is 0 Å². The van der Waals surface area contributed by atoms with E-state index in [1.54, 1.807) is 12.1 Å². The second-order valence-electron chi connectivity index (χ2n) is 5.48. The van der Waals surface area contributed by atoms with E-state index in [4.69, 9.17) is 10.8 Å². The Kier molecular flexibility index (Phi) is 6.84. The number of benzene rings is 1. The van der Waals surface area contributed by atoms with Crippen molar-refractivity contribution in [3.63, 3.8) is 0 Å². The maximum atomic E-state index is 12.1. The van der Waals surface area contributed by atoms with Crippen LogP contribution in [0.1, 0.15) is 37.0 Å². The molecule has 1 rings (SSSR count). The van der Waals surface area contributed by atoms with Crippen LogP contribution in [0, 0.1) is 11.8 Å². The monoisotopic (exact) mass is 356 g/mol. The third-order valence-electron chi connectivity index (χ3n) is 3.10. The third kappa shape index (κ3) is 5.85. The molecule has 5 nitrogen and oxygen atoms in total. The molecule has 0 heterocycles. The number of rotatable bonds is 7. The summed E-state index contributed by atoms with van der Waals surface area (Å²) in [5.41, 5.74) is 6.04. The number of nitrogens with one attached hydrogen (secondary N) is 1. The van der Waals surface area contributed by atoms with E-state index in [9.17, 15) is 9.59 Å². The molecule has 1 aromatic rings. The van der Waals surface area contributed by atoms with Crippen LogP contribution in [0.4, 0.5) is 5.69 Å². The van der Waals surface area contributed by atoms with Crippen molar-refractivity contribution in [1.29, 1.82) is 0 Å². The van der Waals surface area contributed by atoms with E-state index in [-0.39, 0.29) is 17.4 Å². The molecule has 0 aliphatic carbocycles. The first-order chi connectivity index (χ1) is 9.83. The Hall–Kier alpha value is -1.40. The van der Waals surface area contributed by atoms with Crippen molar-refractivity contribution < 1.29 is 14.7 Å². The van der Waals surface area contributed by atoms with Gasteiger partial charge in [-0.3, -0.25) is 4.79 Å². The van der Waals surface area contributed by atoms with E-state index in [1.807, 2.05) is 0 Å². The molecule has 0 aliphatic heterocycles. The zero-order valence-corrected chi connectivity index (χ0v) is 13.8. The maximum Gasteiger partial charge on any atom is 0.337 e. The van der Waals surface area contributed by atoms with Gasteiger partial charge in [0.05, 0.1) is 11.3 Å². The molecular formula is C15H21BrN2O3. The Morgan fingerprint density at radius 1 is 1.38 bits per heavy atom. The van der Waals surface area contributed by atoms with Gasteiger partial charge < -0.3 is 16.2 Å². The van der Waals surface area contributed by atoms with E-state index in [1.165, 1.54) is 6.07 Å². The predicted octanol–water partition coefficient (Wildman–Crippen LogP) is 3.10. The first-order valence-corrected chi connectivity index (χ1v) is 7.65. The van der Waals surface area contributed by atoms with Crippen molar-refractivity contribution in [2.24, 2.45) is 17.6 Å². The number of carboxylic acids is 1. The summed E-state index contributed by atoms with van der Waals surface area (Å²) < 4.78 is 0.651. The van der Waals surface area contributed by atoms with Gasteiger partial charge in [-0.05, 0) is 43.0 Å². The van der Waals surface area contributed by atoms with E-state index >= 15 is 0 Å². The largest absolute Gasteiger partial charge is 0.478 e. The number of hydrogen-bond donors (Lipinski definition) is 3. The van der Waals surface area contributed by atoms with Crippen molar-refractivity contribution in [1.82, 2.24) is 0 Å². The minimum atomic E-state index is -1.08. The van der Waals surface area contributed by atoms with Crippen LogP contribution < -0.4 is 11.1 Å². The molecule has 1 amide bonds. The molecule has 0 saturated heterocycles. The summed E-state index contributed by atoms with van der Waals surface area (Å²) in [6.45, 7) is 4.60. The second kappa shape index (κ2) is 8.14. The molecule has 0 spiro atoms. The summed E-state index contributed by atoms with van der Waals surface area (Å²) >= 11 is 3.22. The number of carbonyl (C=O) groups excluding carboxylic acids is 1. The number of nitrogens with two attached hydrogens (primary N) is 1. The molecule has 0 radical (unpaired) electrons. The smallest absolute Gasteiger partial charge is 0.337 e. The van der Waals surface area contributed by atoms with Gasteiger partial charge in [0.1, 0.15) is 0 Å². The highest BCUT2D eigenvalue weighted by atomic mass is 79.9. The van der Waals surface area contributed by atoms with E-state index in [0.717, 1.165) is 6.42 Å². The summed E-state index contributed by atoms with van der Waals surface area (Å²) in [6.07, 6.45) is 1.17. The van der Waals surface area contributed by atoms with Gasteiger partial charge in [0, 0.05) is 10.9 Å². The van der Waals surface area contributed by atoms with Gasteiger partial charge in [0.25, 0.3) is 0 Å². The summed E-state index contributed by atoms with van der Waals surface area (Å²) in [5, 5.41) is 11.8. The Morgan fingerprint density at radius 3 is 2.57 bits per heavy atom. The molecule has 21 heavy (non-hydrogen) atoms. The number of carbonyl (C=O) groups is 2. The van der Waals surface area contributed by atoms with Crippen molar-refractivity contribution >= 4 is 33.5 Å². The lowest BCUT2D eigenvalue weighted by atomic mass is 9.94.